The van der Waals surface area contributed by atoms with E-state index in [1.54, 1.807) is 6.07 Å². The zero-order valence-electron chi connectivity index (χ0n) is 10.6. The Hall–Kier alpha value is -1.55. The van der Waals surface area contributed by atoms with Crippen molar-refractivity contribution in [2.45, 2.75) is 32.2 Å². The molecule has 0 radical (unpaired) electrons. The summed E-state index contributed by atoms with van der Waals surface area (Å²) in [5.41, 5.74) is 7.80. The molecule has 2 rings (SSSR count). The van der Waals surface area contributed by atoms with Crippen LogP contribution in [0.3, 0.4) is 0 Å². The number of carbonyl (C=O) groups is 1. The van der Waals surface area contributed by atoms with Crippen molar-refractivity contribution < 1.29 is 9.90 Å². The maximum absolute atomic E-state index is 12.2. The second-order valence-corrected chi connectivity index (χ2v) is 4.99. The first-order valence-corrected chi connectivity index (χ1v) is 6.40. The normalized spacial score (nSPS) is 23.0. The van der Waals surface area contributed by atoms with Crippen molar-refractivity contribution in [1.29, 1.82) is 0 Å². The van der Waals surface area contributed by atoms with Gasteiger partial charge in [-0.1, -0.05) is 18.6 Å². The summed E-state index contributed by atoms with van der Waals surface area (Å²) in [6, 6.07) is 5.53. The highest BCUT2D eigenvalue weighted by atomic mass is 16.3. The van der Waals surface area contributed by atoms with Gasteiger partial charge in [-0.05, 0) is 31.4 Å². The Morgan fingerprint density at radius 1 is 1.50 bits per heavy atom. The van der Waals surface area contributed by atoms with Gasteiger partial charge in [0.25, 0.3) is 5.91 Å². The van der Waals surface area contributed by atoms with E-state index in [1.807, 2.05) is 19.1 Å². The number of hydrogen-bond donors (Lipinski definition) is 3. The topological polar surface area (TPSA) is 75.4 Å². The molecule has 4 heteroatoms. The minimum Gasteiger partial charge on any atom is -0.398 e. The Morgan fingerprint density at radius 3 is 2.94 bits per heavy atom. The molecule has 0 aromatic heterocycles. The molecule has 0 aliphatic heterocycles. The Bertz CT molecular complexity index is 425. The standard InChI is InChI=1S/C14H20N2O2/c1-9-4-2-6-11(15)13(9)14(18)16-12-7-3-5-10(12)8-17/h2,4,6,10,12,17H,3,5,7-8,15H2,1H3,(H,16,18). The summed E-state index contributed by atoms with van der Waals surface area (Å²) in [6.07, 6.45) is 2.97. The van der Waals surface area contributed by atoms with Gasteiger partial charge in [-0.3, -0.25) is 4.79 Å². The van der Waals surface area contributed by atoms with Crippen molar-refractivity contribution in [3.63, 3.8) is 0 Å². The number of nitrogens with two attached hydrogens (primary N) is 1. The molecule has 0 spiro atoms. The maximum atomic E-state index is 12.2. The van der Waals surface area contributed by atoms with Crippen molar-refractivity contribution in [2.75, 3.05) is 12.3 Å². The van der Waals surface area contributed by atoms with Crippen LogP contribution in [0, 0.1) is 12.8 Å². The number of aryl methyl sites for hydroxylation is 1. The lowest BCUT2D eigenvalue weighted by atomic mass is 10.0. The number of rotatable bonds is 3. The SMILES string of the molecule is Cc1cccc(N)c1C(=O)NC1CCCC1CO. The van der Waals surface area contributed by atoms with Crippen molar-refractivity contribution in [3.8, 4) is 0 Å². The number of aliphatic hydroxyl groups is 1. The van der Waals surface area contributed by atoms with E-state index in [0.717, 1.165) is 24.8 Å². The third-order valence-electron chi connectivity index (χ3n) is 3.74. The lowest BCUT2D eigenvalue weighted by molar-refractivity contribution is 0.0916. The van der Waals surface area contributed by atoms with Crippen LogP contribution in [0.4, 0.5) is 5.69 Å². The molecule has 2 unspecified atom stereocenters. The van der Waals surface area contributed by atoms with Gasteiger partial charge in [0.1, 0.15) is 0 Å². The van der Waals surface area contributed by atoms with Crippen LogP contribution < -0.4 is 11.1 Å². The van der Waals surface area contributed by atoms with E-state index in [0.29, 0.717) is 11.3 Å². The van der Waals surface area contributed by atoms with Gasteiger partial charge in [0.15, 0.2) is 0 Å². The highest BCUT2D eigenvalue weighted by Crippen LogP contribution is 2.26. The van der Waals surface area contributed by atoms with E-state index in [2.05, 4.69) is 5.32 Å². The second kappa shape index (κ2) is 5.40. The summed E-state index contributed by atoms with van der Waals surface area (Å²) in [6.45, 7) is 2.01. The Balaban J connectivity index is 2.12. The third-order valence-corrected chi connectivity index (χ3v) is 3.74. The van der Waals surface area contributed by atoms with Crippen LogP contribution >= 0.6 is 0 Å². The van der Waals surface area contributed by atoms with Gasteiger partial charge in [0, 0.05) is 24.3 Å². The van der Waals surface area contributed by atoms with Crippen molar-refractivity contribution in [3.05, 3.63) is 29.3 Å². The molecule has 4 N–H and O–H groups in total. The van der Waals surface area contributed by atoms with Gasteiger partial charge in [0.2, 0.25) is 0 Å². The molecule has 1 aliphatic rings. The first-order valence-electron chi connectivity index (χ1n) is 6.40. The fourth-order valence-electron chi connectivity index (χ4n) is 2.69. The van der Waals surface area contributed by atoms with Gasteiger partial charge in [-0.2, -0.15) is 0 Å². The molecule has 1 fully saturated rings. The van der Waals surface area contributed by atoms with E-state index in [4.69, 9.17) is 5.73 Å². The molecule has 1 aromatic carbocycles. The van der Waals surface area contributed by atoms with Gasteiger partial charge in [-0.15, -0.1) is 0 Å². The first kappa shape index (κ1) is 12.9. The minimum atomic E-state index is -0.129. The van der Waals surface area contributed by atoms with E-state index in [1.165, 1.54) is 0 Å². The average Bonchev–Trinajstić information content (AvgIpc) is 2.76. The van der Waals surface area contributed by atoms with E-state index in [-0.39, 0.29) is 24.5 Å². The number of nitrogens with one attached hydrogen (secondary N) is 1. The smallest absolute Gasteiger partial charge is 0.253 e. The summed E-state index contributed by atoms with van der Waals surface area (Å²) in [5.74, 6) is 0.0511. The molecule has 0 saturated heterocycles. The number of aliphatic hydroxyl groups excluding tert-OH is 1. The number of carbonyl (C=O) groups excluding carboxylic acids is 1. The zero-order chi connectivity index (χ0) is 13.1. The molecule has 1 saturated carbocycles. The number of nitrogen functional groups attached to an aromatic ring is 1. The van der Waals surface area contributed by atoms with E-state index in [9.17, 15) is 9.90 Å². The molecule has 98 valence electrons. The summed E-state index contributed by atoms with van der Waals surface area (Å²) in [4.78, 5) is 12.2. The fraction of sp³-hybridized carbons (Fsp3) is 0.500. The maximum Gasteiger partial charge on any atom is 0.253 e. The zero-order valence-corrected chi connectivity index (χ0v) is 10.6. The van der Waals surface area contributed by atoms with Crippen LogP contribution in [0.15, 0.2) is 18.2 Å². The third kappa shape index (κ3) is 2.48. The molecular formula is C14H20N2O2. The molecule has 1 amide bonds. The molecular weight excluding hydrogens is 228 g/mol. The van der Waals surface area contributed by atoms with Crippen LogP contribution in [0.5, 0.6) is 0 Å². The number of benzene rings is 1. The highest BCUT2D eigenvalue weighted by Gasteiger charge is 2.28. The molecule has 0 heterocycles. The van der Waals surface area contributed by atoms with Gasteiger partial charge in [0.05, 0.1) is 5.56 Å². The predicted octanol–water partition coefficient (Wildman–Crippen LogP) is 1.47. The average molecular weight is 248 g/mol. The first-order chi connectivity index (χ1) is 8.63. The Labute approximate surface area is 107 Å². The Morgan fingerprint density at radius 2 is 2.28 bits per heavy atom. The van der Waals surface area contributed by atoms with Crippen LogP contribution in [0.1, 0.15) is 35.2 Å². The van der Waals surface area contributed by atoms with Crippen LogP contribution in [-0.4, -0.2) is 23.7 Å². The molecule has 2 atom stereocenters. The van der Waals surface area contributed by atoms with Gasteiger partial charge >= 0.3 is 0 Å². The quantitative estimate of drug-likeness (QED) is 0.709. The van der Waals surface area contributed by atoms with Crippen molar-refractivity contribution >= 4 is 11.6 Å². The summed E-state index contributed by atoms with van der Waals surface area (Å²) >= 11 is 0. The van der Waals surface area contributed by atoms with Gasteiger partial charge < -0.3 is 16.2 Å². The monoisotopic (exact) mass is 248 g/mol. The minimum absolute atomic E-state index is 0.0708. The summed E-state index contributed by atoms with van der Waals surface area (Å²) < 4.78 is 0. The molecule has 0 bridgehead atoms. The summed E-state index contributed by atoms with van der Waals surface area (Å²) in [7, 11) is 0. The fourth-order valence-corrected chi connectivity index (χ4v) is 2.69. The lowest BCUT2D eigenvalue weighted by Crippen LogP contribution is -2.39. The van der Waals surface area contributed by atoms with Gasteiger partial charge in [-0.25, -0.2) is 0 Å². The number of anilines is 1. The molecule has 1 aromatic rings. The largest absolute Gasteiger partial charge is 0.398 e. The van der Waals surface area contributed by atoms with E-state index >= 15 is 0 Å². The van der Waals surface area contributed by atoms with Crippen LogP contribution in [-0.2, 0) is 0 Å². The highest BCUT2D eigenvalue weighted by molar-refractivity contribution is 6.00. The number of hydrogen-bond acceptors (Lipinski definition) is 3. The van der Waals surface area contributed by atoms with Crippen molar-refractivity contribution in [1.82, 2.24) is 5.32 Å². The lowest BCUT2D eigenvalue weighted by Gasteiger charge is -2.20. The Kier molecular flexibility index (Phi) is 3.87. The predicted molar refractivity (Wildman–Crippen MR) is 71.3 cm³/mol. The molecule has 4 nitrogen and oxygen atoms in total. The van der Waals surface area contributed by atoms with Crippen LogP contribution in [0.25, 0.3) is 0 Å². The summed E-state index contributed by atoms with van der Waals surface area (Å²) in [5, 5.41) is 12.3. The molecule has 1 aliphatic carbocycles. The van der Waals surface area contributed by atoms with Crippen molar-refractivity contribution in [2.24, 2.45) is 5.92 Å². The second-order valence-electron chi connectivity index (χ2n) is 4.99. The van der Waals surface area contributed by atoms with Crippen LogP contribution in [0.2, 0.25) is 0 Å². The number of amides is 1. The molecule has 18 heavy (non-hydrogen) atoms. The van der Waals surface area contributed by atoms with E-state index < -0.39 is 0 Å².